The summed E-state index contributed by atoms with van der Waals surface area (Å²) in [5, 5.41) is 35.1. The molecule has 0 bridgehead atoms. The predicted octanol–water partition coefficient (Wildman–Crippen LogP) is -2.46. The van der Waals surface area contributed by atoms with Crippen LogP contribution < -0.4 is 21.7 Å². The van der Waals surface area contributed by atoms with Crippen LogP contribution in [0.1, 0.15) is 34.6 Å². The van der Waals surface area contributed by atoms with Crippen LogP contribution in [-0.4, -0.2) is 75.9 Å². The highest BCUT2D eigenvalue weighted by Crippen LogP contribution is 2.04. The Labute approximate surface area is 164 Å². The lowest BCUT2D eigenvalue weighted by Crippen LogP contribution is -2.61. The molecule has 8 N–H and O–H groups in total. The Morgan fingerprint density at radius 1 is 0.821 bits per heavy atom. The molecular weight excluding hydrogens is 372 g/mol. The topological polar surface area (TPSA) is 191 Å². The molecule has 0 radical (unpaired) electrons. The fourth-order valence-electron chi connectivity index (χ4n) is 2.18. The summed E-state index contributed by atoms with van der Waals surface area (Å²) in [6, 6.07) is -5.01. The van der Waals surface area contributed by atoms with Crippen LogP contribution in [0.3, 0.4) is 0 Å². The summed E-state index contributed by atoms with van der Waals surface area (Å²) in [6.07, 6.45) is -1.31. The van der Waals surface area contributed by atoms with E-state index in [0.717, 1.165) is 0 Å². The molecule has 0 aromatic rings. The summed E-state index contributed by atoms with van der Waals surface area (Å²) >= 11 is 0. The predicted molar refractivity (Wildman–Crippen MR) is 99.8 cm³/mol. The van der Waals surface area contributed by atoms with E-state index >= 15 is 0 Å². The first-order valence-electron chi connectivity index (χ1n) is 9.01. The molecule has 11 nitrogen and oxygen atoms in total. The third-order valence-corrected chi connectivity index (χ3v) is 4.13. The number of rotatable bonds is 11. The number of amides is 3. The maximum atomic E-state index is 12.4. The van der Waals surface area contributed by atoms with Gasteiger partial charge >= 0.3 is 5.97 Å². The minimum Gasteiger partial charge on any atom is -0.480 e. The van der Waals surface area contributed by atoms with E-state index < -0.39 is 66.5 Å². The van der Waals surface area contributed by atoms with Crippen molar-refractivity contribution in [2.75, 3.05) is 6.61 Å². The van der Waals surface area contributed by atoms with Crippen molar-refractivity contribution >= 4 is 23.7 Å². The van der Waals surface area contributed by atoms with Crippen LogP contribution in [0.15, 0.2) is 0 Å². The normalized spacial score (nSPS) is 16.6. The fourth-order valence-corrected chi connectivity index (χ4v) is 2.18. The molecular formula is C17H32N4O7. The van der Waals surface area contributed by atoms with Gasteiger partial charge in [-0.05, 0) is 18.8 Å². The molecule has 0 aliphatic rings. The monoisotopic (exact) mass is 404 g/mol. The van der Waals surface area contributed by atoms with Crippen molar-refractivity contribution in [3.05, 3.63) is 0 Å². The number of aliphatic hydroxyl groups excluding tert-OH is 2. The Bertz CT molecular complexity index is 566. The number of carboxylic acid groups (broad SMARTS) is 1. The summed E-state index contributed by atoms with van der Waals surface area (Å²) in [6.45, 7) is 7.04. The molecule has 0 aromatic carbocycles. The molecule has 11 heteroatoms. The number of hydrogen-bond acceptors (Lipinski definition) is 7. The summed E-state index contributed by atoms with van der Waals surface area (Å²) in [5.74, 6) is -4.40. The largest absolute Gasteiger partial charge is 0.480 e. The first-order valence-corrected chi connectivity index (χ1v) is 9.01. The van der Waals surface area contributed by atoms with Crippen LogP contribution in [0.5, 0.6) is 0 Å². The number of carboxylic acids is 1. The second kappa shape index (κ2) is 11.6. The lowest BCUT2D eigenvalue weighted by molar-refractivity contribution is -0.144. The van der Waals surface area contributed by atoms with Crippen molar-refractivity contribution in [1.82, 2.24) is 16.0 Å². The lowest BCUT2D eigenvalue weighted by Gasteiger charge is -2.26. The first kappa shape index (κ1) is 25.8. The average Bonchev–Trinajstić information content (AvgIpc) is 2.59. The Morgan fingerprint density at radius 3 is 1.68 bits per heavy atom. The molecule has 162 valence electrons. The third kappa shape index (κ3) is 7.79. The van der Waals surface area contributed by atoms with Crippen LogP contribution in [0.4, 0.5) is 0 Å². The zero-order valence-corrected chi connectivity index (χ0v) is 16.8. The highest BCUT2D eigenvalue weighted by atomic mass is 16.4. The van der Waals surface area contributed by atoms with Gasteiger partial charge in [-0.25, -0.2) is 4.79 Å². The molecule has 5 unspecified atom stereocenters. The number of carbonyl (C=O) groups excluding carboxylic acids is 3. The van der Waals surface area contributed by atoms with Crippen molar-refractivity contribution in [2.24, 2.45) is 17.6 Å². The molecule has 0 saturated heterocycles. The van der Waals surface area contributed by atoms with Gasteiger partial charge in [-0.1, -0.05) is 27.7 Å². The van der Waals surface area contributed by atoms with E-state index in [-0.39, 0.29) is 5.92 Å². The van der Waals surface area contributed by atoms with Crippen molar-refractivity contribution in [3.8, 4) is 0 Å². The number of aliphatic hydroxyl groups is 2. The van der Waals surface area contributed by atoms with E-state index in [0.29, 0.717) is 0 Å². The van der Waals surface area contributed by atoms with Gasteiger partial charge in [0.25, 0.3) is 0 Å². The molecule has 28 heavy (non-hydrogen) atoms. The summed E-state index contributed by atoms with van der Waals surface area (Å²) in [7, 11) is 0. The quantitative estimate of drug-likeness (QED) is 0.197. The molecule has 5 atom stereocenters. The standard InChI is InChI=1S/C17H32N4O7/c1-7(2)11(18)15(25)21-13(9(5)23)16(26)19-10(6-22)14(24)20-12(8(3)4)17(27)28/h7-13,22-23H,6,18H2,1-5H3,(H,19,26)(H,20,24)(H,21,25)(H,27,28). The Hall–Kier alpha value is -2.24. The van der Waals surface area contributed by atoms with Gasteiger partial charge in [-0.2, -0.15) is 0 Å². The maximum absolute atomic E-state index is 12.4. The summed E-state index contributed by atoms with van der Waals surface area (Å²) < 4.78 is 0. The van der Waals surface area contributed by atoms with E-state index in [1.165, 1.54) is 6.92 Å². The van der Waals surface area contributed by atoms with Gasteiger partial charge in [0.05, 0.1) is 18.8 Å². The molecule has 3 amide bonds. The molecule has 0 aliphatic heterocycles. The van der Waals surface area contributed by atoms with Gasteiger partial charge in [0, 0.05) is 0 Å². The highest BCUT2D eigenvalue weighted by Gasteiger charge is 2.33. The van der Waals surface area contributed by atoms with E-state index in [2.05, 4.69) is 16.0 Å². The molecule has 0 fully saturated rings. The van der Waals surface area contributed by atoms with Crippen molar-refractivity contribution in [3.63, 3.8) is 0 Å². The third-order valence-electron chi connectivity index (χ3n) is 4.13. The van der Waals surface area contributed by atoms with Crippen molar-refractivity contribution < 1.29 is 34.5 Å². The zero-order valence-electron chi connectivity index (χ0n) is 16.8. The average molecular weight is 404 g/mol. The Kier molecular flexibility index (Phi) is 10.6. The van der Waals surface area contributed by atoms with E-state index in [4.69, 9.17) is 10.8 Å². The molecule has 0 spiro atoms. The minimum absolute atomic E-state index is 0.210. The van der Waals surface area contributed by atoms with Gasteiger partial charge < -0.3 is 37.0 Å². The Balaban J connectivity index is 5.18. The van der Waals surface area contributed by atoms with Crippen molar-refractivity contribution in [1.29, 1.82) is 0 Å². The second-order valence-corrected chi connectivity index (χ2v) is 7.31. The Morgan fingerprint density at radius 2 is 1.32 bits per heavy atom. The van der Waals surface area contributed by atoms with Gasteiger partial charge in [0.1, 0.15) is 18.1 Å². The van der Waals surface area contributed by atoms with Crippen molar-refractivity contribution in [2.45, 2.75) is 64.9 Å². The smallest absolute Gasteiger partial charge is 0.326 e. The number of aliphatic carboxylic acids is 1. The molecule has 0 saturated carbocycles. The van der Waals surface area contributed by atoms with Gasteiger partial charge in [0.15, 0.2) is 0 Å². The maximum Gasteiger partial charge on any atom is 0.326 e. The van der Waals surface area contributed by atoms with Crippen LogP contribution in [0.25, 0.3) is 0 Å². The highest BCUT2D eigenvalue weighted by molar-refractivity contribution is 5.94. The summed E-state index contributed by atoms with van der Waals surface area (Å²) in [4.78, 5) is 47.9. The first-order chi connectivity index (χ1) is 12.8. The SMILES string of the molecule is CC(C)C(N)C(=O)NC(C(=O)NC(CO)C(=O)NC(C(=O)O)C(C)C)C(C)O. The van der Waals surface area contributed by atoms with Crippen LogP contribution in [0, 0.1) is 11.8 Å². The van der Waals surface area contributed by atoms with Crippen LogP contribution in [0.2, 0.25) is 0 Å². The molecule has 0 aliphatic carbocycles. The van der Waals surface area contributed by atoms with Gasteiger partial charge in [0.2, 0.25) is 17.7 Å². The number of carbonyl (C=O) groups is 4. The van der Waals surface area contributed by atoms with Gasteiger partial charge in [-0.3, -0.25) is 14.4 Å². The van der Waals surface area contributed by atoms with Crippen LogP contribution in [-0.2, 0) is 19.2 Å². The molecule has 0 aromatic heterocycles. The number of nitrogens with one attached hydrogen (secondary N) is 3. The van der Waals surface area contributed by atoms with Crippen LogP contribution >= 0.6 is 0 Å². The van der Waals surface area contributed by atoms with E-state index in [1.807, 2.05) is 0 Å². The summed E-state index contributed by atoms with van der Waals surface area (Å²) in [5.41, 5.74) is 5.71. The van der Waals surface area contributed by atoms with E-state index in [1.54, 1.807) is 27.7 Å². The van der Waals surface area contributed by atoms with Gasteiger partial charge in [-0.15, -0.1) is 0 Å². The molecule has 0 heterocycles. The lowest BCUT2D eigenvalue weighted by atomic mass is 10.0. The number of hydrogen-bond donors (Lipinski definition) is 7. The second-order valence-electron chi connectivity index (χ2n) is 7.31. The minimum atomic E-state index is -1.47. The fraction of sp³-hybridized carbons (Fsp3) is 0.765. The number of nitrogens with two attached hydrogens (primary N) is 1. The zero-order chi connectivity index (χ0) is 22.2. The molecule has 0 rings (SSSR count). The van der Waals surface area contributed by atoms with E-state index in [9.17, 15) is 29.4 Å².